The maximum absolute atomic E-state index is 3.55. The summed E-state index contributed by atoms with van der Waals surface area (Å²) in [7, 11) is 0. The van der Waals surface area contributed by atoms with Crippen LogP contribution in [-0.4, -0.2) is 0 Å². The predicted molar refractivity (Wildman–Crippen MR) is 77.1 cm³/mol. The van der Waals surface area contributed by atoms with Crippen molar-refractivity contribution >= 4 is 31.9 Å². The highest BCUT2D eigenvalue weighted by molar-refractivity contribution is 9.08. The molecule has 0 aliphatic carbocycles. The Bertz CT molecular complexity index is 441. The Morgan fingerprint density at radius 2 is 1.25 bits per heavy atom. The van der Waals surface area contributed by atoms with Crippen molar-refractivity contribution in [1.82, 2.24) is 0 Å². The molecule has 0 aliphatic rings. The molecule has 2 heteroatoms. The summed E-state index contributed by atoms with van der Waals surface area (Å²) in [6, 6.07) is 17.0. The van der Waals surface area contributed by atoms with Crippen LogP contribution in [0.1, 0.15) is 11.1 Å². The van der Waals surface area contributed by atoms with Crippen molar-refractivity contribution in [2.75, 3.05) is 0 Å². The van der Waals surface area contributed by atoms with E-state index >= 15 is 0 Å². The van der Waals surface area contributed by atoms with E-state index in [1.165, 1.54) is 22.3 Å². The first-order chi connectivity index (χ1) is 7.86. The molecule has 0 aliphatic heterocycles. The van der Waals surface area contributed by atoms with Gasteiger partial charge in [0.2, 0.25) is 0 Å². The summed E-state index contributed by atoms with van der Waals surface area (Å²) in [4.78, 5) is 0. The summed E-state index contributed by atoms with van der Waals surface area (Å²) in [5.41, 5.74) is 5.30. The van der Waals surface area contributed by atoms with Crippen LogP contribution < -0.4 is 0 Å². The van der Waals surface area contributed by atoms with Crippen molar-refractivity contribution in [3.63, 3.8) is 0 Å². The van der Waals surface area contributed by atoms with Crippen LogP contribution in [-0.2, 0) is 10.7 Å². The van der Waals surface area contributed by atoms with Crippen molar-refractivity contribution in [2.24, 2.45) is 0 Å². The Morgan fingerprint density at radius 3 is 1.75 bits per heavy atom. The third kappa shape index (κ3) is 2.38. The molecule has 0 saturated heterocycles. The van der Waals surface area contributed by atoms with Gasteiger partial charge in [0, 0.05) is 10.7 Å². The molecule has 2 rings (SSSR count). The van der Waals surface area contributed by atoms with Gasteiger partial charge in [-0.05, 0) is 22.3 Å². The van der Waals surface area contributed by atoms with Gasteiger partial charge in [-0.3, -0.25) is 0 Å². The third-order valence-electron chi connectivity index (χ3n) is 2.59. The van der Waals surface area contributed by atoms with Crippen LogP contribution in [0.15, 0.2) is 48.5 Å². The lowest BCUT2D eigenvalue weighted by molar-refractivity contribution is 1.35. The molecule has 0 N–H and O–H groups in total. The highest BCUT2D eigenvalue weighted by atomic mass is 79.9. The van der Waals surface area contributed by atoms with Crippen molar-refractivity contribution in [3.8, 4) is 11.1 Å². The minimum Gasteiger partial charge on any atom is -0.0876 e. The van der Waals surface area contributed by atoms with Gasteiger partial charge in [-0.1, -0.05) is 80.4 Å². The zero-order valence-corrected chi connectivity index (χ0v) is 12.0. The van der Waals surface area contributed by atoms with E-state index in [4.69, 9.17) is 0 Å². The summed E-state index contributed by atoms with van der Waals surface area (Å²) >= 11 is 7.11. The van der Waals surface area contributed by atoms with Gasteiger partial charge in [0.1, 0.15) is 0 Å². The highest BCUT2D eigenvalue weighted by Crippen LogP contribution is 2.30. The molecule has 0 fully saturated rings. The second kappa shape index (κ2) is 5.65. The van der Waals surface area contributed by atoms with Crippen molar-refractivity contribution < 1.29 is 0 Å². The Kier molecular flexibility index (Phi) is 4.19. The summed E-state index contributed by atoms with van der Waals surface area (Å²) in [6.45, 7) is 0. The van der Waals surface area contributed by atoms with E-state index in [1.54, 1.807) is 0 Å². The second-order valence-corrected chi connectivity index (χ2v) is 4.71. The van der Waals surface area contributed by atoms with Gasteiger partial charge in [0.05, 0.1) is 0 Å². The maximum Gasteiger partial charge on any atom is 0.0289 e. The SMILES string of the molecule is BrCc1cccc(CBr)c1-c1ccccc1. The molecule has 0 nitrogen and oxygen atoms in total. The first-order valence-electron chi connectivity index (χ1n) is 5.15. The van der Waals surface area contributed by atoms with Crippen LogP contribution in [0.2, 0.25) is 0 Å². The number of hydrogen-bond donors (Lipinski definition) is 0. The Balaban J connectivity index is 2.62. The molecule has 0 spiro atoms. The zero-order valence-electron chi connectivity index (χ0n) is 8.79. The molecular formula is C14H12Br2. The lowest BCUT2D eigenvalue weighted by Crippen LogP contribution is -1.91. The standard InChI is InChI=1S/C14H12Br2/c15-9-12-7-4-8-13(10-16)14(12)11-5-2-1-3-6-11/h1-8H,9-10H2. The van der Waals surface area contributed by atoms with Gasteiger partial charge in [0.25, 0.3) is 0 Å². The lowest BCUT2D eigenvalue weighted by Gasteiger charge is -2.12. The molecule has 0 atom stereocenters. The van der Waals surface area contributed by atoms with Crippen LogP contribution in [0, 0.1) is 0 Å². The molecule has 2 aromatic rings. The third-order valence-corrected chi connectivity index (χ3v) is 3.80. The van der Waals surface area contributed by atoms with Crippen molar-refractivity contribution in [2.45, 2.75) is 10.7 Å². The van der Waals surface area contributed by atoms with E-state index in [0.29, 0.717) is 0 Å². The second-order valence-electron chi connectivity index (χ2n) is 3.58. The number of hydrogen-bond acceptors (Lipinski definition) is 0. The predicted octanol–water partition coefficient (Wildman–Crippen LogP) is 5.14. The van der Waals surface area contributed by atoms with E-state index in [0.717, 1.165) is 10.7 Å². The van der Waals surface area contributed by atoms with E-state index < -0.39 is 0 Å². The average Bonchev–Trinajstić information content (AvgIpc) is 2.38. The first kappa shape index (κ1) is 11.9. The minimum atomic E-state index is 0.887. The maximum atomic E-state index is 3.55. The van der Waals surface area contributed by atoms with E-state index in [-0.39, 0.29) is 0 Å². The normalized spacial score (nSPS) is 10.4. The molecule has 0 saturated carbocycles. The molecule has 16 heavy (non-hydrogen) atoms. The van der Waals surface area contributed by atoms with Crippen molar-refractivity contribution in [3.05, 3.63) is 59.7 Å². The molecule has 0 aromatic heterocycles. The Hall–Kier alpha value is -0.600. The molecule has 2 aromatic carbocycles. The first-order valence-corrected chi connectivity index (χ1v) is 7.39. The molecule has 0 heterocycles. The van der Waals surface area contributed by atoms with Gasteiger partial charge in [-0.25, -0.2) is 0 Å². The monoisotopic (exact) mass is 338 g/mol. The molecule has 82 valence electrons. The molecular weight excluding hydrogens is 328 g/mol. The molecule has 0 bridgehead atoms. The Morgan fingerprint density at radius 1 is 0.688 bits per heavy atom. The zero-order chi connectivity index (χ0) is 11.4. The van der Waals surface area contributed by atoms with Gasteiger partial charge >= 0.3 is 0 Å². The van der Waals surface area contributed by atoms with Crippen LogP contribution in [0.4, 0.5) is 0 Å². The van der Waals surface area contributed by atoms with Crippen LogP contribution in [0.5, 0.6) is 0 Å². The highest BCUT2D eigenvalue weighted by Gasteiger charge is 2.08. The summed E-state index contributed by atoms with van der Waals surface area (Å²) in [6.07, 6.45) is 0. The van der Waals surface area contributed by atoms with Crippen LogP contribution >= 0.6 is 31.9 Å². The van der Waals surface area contributed by atoms with Crippen molar-refractivity contribution in [1.29, 1.82) is 0 Å². The lowest BCUT2D eigenvalue weighted by atomic mass is 9.96. The number of benzene rings is 2. The van der Waals surface area contributed by atoms with Crippen LogP contribution in [0.3, 0.4) is 0 Å². The van der Waals surface area contributed by atoms with Gasteiger partial charge in [-0.15, -0.1) is 0 Å². The molecule has 0 amide bonds. The van der Waals surface area contributed by atoms with Gasteiger partial charge in [-0.2, -0.15) is 0 Å². The average molecular weight is 340 g/mol. The fourth-order valence-electron chi connectivity index (χ4n) is 1.85. The smallest absolute Gasteiger partial charge is 0.0289 e. The minimum absolute atomic E-state index is 0.887. The quantitative estimate of drug-likeness (QED) is 0.679. The number of rotatable bonds is 3. The van der Waals surface area contributed by atoms with E-state index in [2.05, 4.69) is 74.3 Å². The van der Waals surface area contributed by atoms with Gasteiger partial charge in [0.15, 0.2) is 0 Å². The number of halogens is 2. The molecule has 0 unspecified atom stereocenters. The van der Waals surface area contributed by atoms with Gasteiger partial charge < -0.3 is 0 Å². The Labute approximate surface area is 113 Å². The number of alkyl halides is 2. The summed E-state index contributed by atoms with van der Waals surface area (Å²) in [5.74, 6) is 0. The summed E-state index contributed by atoms with van der Waals surface area (Å²) < 4.78 is 0. The van der Waals surface area contributed by atoms with Crippen LogP contribution in [0.25, 0.3) is 11.1 Å². The fourth-order valence-corrected chi connectivity index (χ4v) is 2.79. The van der Waals surface area contributed by atoms with E-state index in [1.807, 2.05) is 6.07 Å². The summed E-state index contributed by atoms with van der Waals surface area (Å²) in [5, 5.41) is 1.77. The fraction of sp³-hybridized carbons (Fsp3) is 0.143. The topological polar surface area (TPSA) is 0 Å². The largest absolute Gasteiger partial charge is 0.0876 e. The van der Waals surface area contributed by atoms with E-state index in [9.17, 15) is 0 Å². The molecule has 0 radical (unpaired) electrons.